The lowest BCUT2D eigenvalue weighted by Gasteiger charge is -2.35. The lowest BCUT2D eigenvalue weighted by molar-refractivity contribution is -0.131. The molecule has 3 aromatic rings. The summed E-state index contributed by atoms with van der Waals surface area (Å²) < 4.78 is 15.7. The van der Waals surface area contributed by atoms with E-state index in [-0.39, 0.29) is 24.1 Å². The summed E-state index contributed by atoms with van der Waals surface area (Å²) >= 11 is 5.99. The van der Waals surface area contributed by atoms with E-state index in [0.29, 0.717) is 42.3 Å². The van der Waals surface area contributed by atoms with Gasteiger partial charge in [0.25, 0.3) is 5.91 Å². The zero-order chi connectivity index (χ0) is 23.7. The molecule has 172 valence electrons. The molecule has 1 aliphatic heterocycles. The number of hydrogen-bond donors (Lipinski definition) is 0. The van der Waals surface area contributed by atoms with E-state index in [1.807, 2.05) is 42.8 Å². The Morgan fingerprint density at radius 3 is 2.24 bits per heavy atom. The van der Waals surface area contributed by atoms with Crippen molar-refractivity contribution in [2.24, 2.45) is 0 Å². The van der Waals surface area contributed by atoms with Crippen molar-refractivity contribution < 1.29 is 14.0 Å². The Morgan fingerprint density at radius 2 is 1.61 bits per heavy atom. The van der Waals surface area contributed by atoms with Crippen LogP contribution in [0.1, 0.15) is 32.9 Å². The minimum Gasteiger partial charge on any atom is -0.339 e. The number of carbonyl (C=O) groups is 2. The third kappa shape index (κ3) is 4.78. The van der Waals surface area contributed by atoms with Crippen molar-refractivity contribution in [1.82, 2.24) is 19.6 Å². The molecular weight excluding hydrogens is 443 g/mol. The summed E-state index contributed by atoms with van der Waals surface area (Å²) in [6.07, 6.45) is 0.252. The fourth-order valence-corrected chi connectivity index (χ4v) is 4.22. The maximum Gasteiger partial charge on any atom is 0.254 e. The Hall–Kier alpha value is -3.19. The summed E-state index contributed by atoms with van der Waals surface area (Å²) in [7, 11) is 0. The lowest BCUT2D eigenvalue weighted by atomic mass is 10.1. The molecule has 0 N–H and O–H groups in total. The van der Waals surface area contributed by atoms with Crippen LogP contribution in [0.25, 0.3) is 5.69 Å². The molecule has 0 spiro atoms. The fourth-order valence-electron chi connectivity index (χ4n) is 4.09. The highest BCUT2D eigenvalue weighted by Gasteiger charge is 2.26. The van der Waals surface area contributed by atoms with Crippen LogP contribution >= 0.6 is 11.6 Å². The van der Waals surface area contributed by atoms with Crippen LogP contribution in [0.15, 0.2) is 42.5 Å². The third-order valence-electron chi connectivity index (χ3n) is 6.18. The van der Waals surface area contributed by atoms with Crippen molar-refractivity contribution in [1.29, 1.82) is 0 Å². The van der Waals surface area contributed by atoms with Crippen molar-refractivity contribution in [3.8, 4) is 5.69 Å². The van der Waals surface area contributed by atoms with Crippen molar-refractivity contribution in [2.75, 3.05) is 26.2 Å². The molecule has 0 atom stereocenters. The van der Waals surface area contributed by atoms with Gasteiger partial charge >= 0.3 is 0 Å². The van der Waals surface area contributed by atoms with Gasteiger partial charge in [0.1, 0.15) is 5.82 Å². The summed E-state index contributed by atoms with van der Waals surface area (Å²) in [5.74, 6) is -0.596. The van der Waals surface area contributed by atoms with Crippen LogP contribution in [0, 0.1) is 26.6 Å². The van der Waals surface area contributed by atoms with Crippen molar-refractivity contribution in [3.05, 3.63) is 81.4 Å². The number of piperazine rings is 1. The van der Waals surface area contributed by atoms with E-state index in [1.54, 1.807) is 28.9 Å². The monoisotopic (exact) mass is 468 g/mol. The van der Waals surface area contributed by atoms with Gasteiger partial charge < -0.3 is 9.80 Å². The zero-order valence-electron chi connectivity index (χ0n) is 18.9. The summed E-state index contributed by atoms with van der Waals surface area (Å²) in [5, 5.41) is 5.26. The molecule has 0 bridgehead atoms. The summed E-state index contributed by atoms with van der Waals surface area (Å²) in [6, 6.07) is 11.9. The average Bonchev–Trinajstić information content (AvgIpc) is 3.09. The van der Waals surface area contributed by atoms with E-state index in [1.165, 1.54) is 6.07 Å². The molecule has 2 heterocycles. The number of halogens is 2. The first kappa shape index (κ1) is 23.0. The highest BCUT2D eigenvalue weighted by atomic mass is 35.5. The summed E-state index contributed by atoms with van der Waals surface area (Å²) in [6.45, 7) is 7.25. The quantitative estimate of drug-likeness (QED) is 0.578. The number of hydrogen-bond acceptors (Lipinski definition) is 3. The smallest absolute Gasteiger partial charge is 0.254 e. The Bertz CT molecular complexity index is 1200. The van der Waals surface area contributed by atoms with Gasteiger partial charge in [-0.2, -0.15) is 5.10 Å². The van der Waals surface area contributed by atoms with E-state index in [9.17, 15) is 14.0 Å². The van der Waals surface area contributed by atoms with Gasteiger partial charge in [-0.15, -0.1) is 0 Å². The molecule has 2 aromatic carbocycles. The number of rotatable bonds is 4. The van der Waals surface area contributed by atoms with Crippen LogP contribution in [-0.4, -0.2) is 57.6 Å². The number of amides is 2. The van der Waals surface area contributed by atoms with E-state index >= 15 is 0 Å². The highest BCUT2D eigenvalue weighted by Crippen LogP contribution is 2.21. The molecule has 0 saturated carbocycles. The average molecular weight is 469 g/mol. The minimum absolute atomic E-state index is 0.00494. The highest BCUT2D eigenvalue weighted by molar-refractivity contribution is 6.30. The Morgan fingerprint density at radius 1 is 0.970 bits per heavy atom. The zero-order valence-corrected chi connectivity index (χ0v) is 19.7. The molecular formula is C25H26ClFN4O2. The van der Waals surface area contributed by atoms with Gasteiger partial charge in [-0.1, -0.05) is 17.7 Å². The SMILES string of the molecule is Cc1ccc(C(=O)N2CCN(C(=O)Cc3c(C)nn(-c4ccc(Cl)cc4)c3C)CC2)cc1F. The molecule has 2 amide bonds. The van der Waals surface area contributed by atoms with Crippen LogP contribution in [0.2, 0.25) is 5.02 Å². The molecule has 1 saturated heterocycles. The number of aromatic nitrogens is 2. The first-order chi connectivity index (χ1) is 15.7. The van der Waals surface area contributed by atoms with Gasteiger partial charge in [-0.25, -0.2) is 9.07 Å². The lowest BCUT2D eigenvalue weighted by Crippen LogP contribution is -2.51. The number of benzene rings is 2. The van der Waals surface area contributed by atoms with Crippen molar-refractivity contribution >= 4 is 23.4 Å². The molecule has 0 aliphatic carbocycles. The largest absolute Gasteiger partial charge is 0.339 e. The normalized spacial score (nSPS) is 14.0. The molecule has 4 rings (SSSR count). The van der Waals surface area contributed by atoms with Gasteiger partial charge in [-0.05, 0) is 62.7 Å². The predicted octanol–water partition coefficient (Wildman–Crippen LogP) is 4.12. The molecule has 33 heavy (non-hydrogen) atoms. The Kier molecular flexibility index (Phi) is 6.51. The topological polar surface area (TPSA) is 58.4 Å². The first-order valence-corrected chi connectivity index (χ1v) is 11.3. The molecule has 8 heteroatoms. The van der Waals surface area contributed by atoms with Crippen LogP contribution in [-0.2, 0) is 11.2 Å². The molecule has 0 radical (unpaired) electrons. The second-order valence-corrected chi connectivity index (χ2v) is 8.79. The van der Waals surface area contributed by atoms with Crippen molar-refractivity contribution in [2.45, 2.75) is 27.2 Å². The first-order valence-electron chi connectivity index (χ1n) is 10.9. The molecule has 1 fully saturated rings. The van der Waals surface area contributed by atoms with Crippen LogP contribution in [0.3, 0.4) is 0 Å². The van der Waals surface area contributed by atoms with Crippen LogP contribution in [0.4, 0.5) is 4.39 Å². The Labute approximate surface area is 197 Å². The van der Waals surface area contributed by atoms with Gasteiger partial charge in [0.2, 0.25) is 5.91 Å². The van der Waals surface area contributed by atoms with Gasteiger partial charge in [0.05, 0.1) is 17.8 Å². The maximum absolute atomic E-state index is 13.8. The van der Waals surface area contributed by atoms with E-state index in [2.05, 4.69) is 5.10 Å². The van der Waals surface area contributed by atoms with Crippen LogP contribution < -0.4 is 0 Å². The number of carbonyl (C=O) groups excluding carboxylic acids is 2. The number of aryl methyl sites for hydroxylation is 2. The van der Waals surface area contributed by atoms with Crippen LogP contribution in [0.5, 0.6) is 0 Å². The maximum atomic E-state index is 13.8. The predicted molar refractivity (Wildman–Crippen MR) is 125 cm³/mol. The second-order valence-electron chi connectivity index (χ2n) is 8.35. The number of nitrogens with zero attached hydrogens (tertiary/aromatic N) is 4. The Balaban J connectivity index is 1.40. The third-order valence-corrected chi connectivity index (χ3v) is 6.43. The van der Waals surface area contributed by atoms with E-state index in [0.717, 1.165) is 22.6 Å². The van der Waals surface area contributed by atoms with Gasteiger partial charge in [0, 0.05) is 48.0 Å². The van der Waals surface area contributed by atoms with E-state index in [4.69, 9.17) is 11.6 Å². The molecule has 6 nitrogen and oxygen atoms in total. The second kappa shape index (κ2) is 9.35. The molecule has 0 unspecified atom stereocenters. The van der Waals surface area contributed by atoms with Gasteiger partial charge in [0.15, 0.2) is 0 Å². The summed E-state index contributed by atoms with van der Waals surface area (Å²) in [5.41, 5.74) is 4.36. The molecule has 1 aromatic heterocycles. The standard InChI is InChI=1S/C25H26ClFN4O2/c1-16-4-5-19(14-23(16)27)25(33)30-12-10-29(11-13-30)24(32)15-22-17(2)28-31(18(22)3)21-8-6-20(26)7-9-21/h4-9,14H,10-13,15H2,1-3H3. The van der Waals surface area contributed by atoms with Gasteiger partial charge in [-0.3, -0.25) is 9.59 Å². The van der Waals surface area contributed by atoms with E-state index < -0.39 is 0 Å². The summed E-state index contributed by atoms with van der Waals surface area (Å²) in [4.78, 5) is 29.2. The fraction of sp³-hybridized carbons (Fsp3) is 0.320. The van der Waals surface area contributed by atoms with Crippen molar-refractivity contribution in [3.63, 3.8) is 0 Å². The minimum atomic E-state index is -0.389. The molecule has 1 aliphatic rings.